The van der Waals surface area contributed by atoms with E-state index in [0.717, 1.165) is 25.9 Å². The van der Waals surface area contributed by atoms with Gasteiger partial charge in [0.1, 0.15) is 0 Å². The third-order valence-corrected chi connectivity index (χ3v) is 3.43. The molecule has 1 heterocycles. The predicted molar refractivity (Wildman–Crippen MR) is 75.7 cm³/mol. The van der Waals surface area contributed by atoms with Crippen LogP contribution in [0.2, 0.25) is 0 Å². The molecule has 1 saturated heterocycles. The molecule has 0 bridgehead atoms. The summed E-state index contributed by atoms with van der Waals surface area (Å²) in [5.41, 5.74) is -0.351. The summed E-state index contributed by atoms with van der Waals surface area (Å²) in [5, 5.41) is 5.88. The number of carbonyl (C=O) groups excluding carboxylic acids is 2. The van der Waals surface area contributed by atoms with E-state index in [9.17, 15) is 9.59 Å². The largest absolute Gasteiger partial charge is 0.355 e. The normalized spacial score (nSPS) is 20.2. The minimum atomic E-state index is -0.351. The number of hydrogen-bond acceptors (Lipinski definition) is 3. The van der Waals surface area contributed by atoms with Crippen molar-refractivity contribution in [2.45, 2.75) is 33.6 Å². The number of rotatable bonds is 4. The molecule has 19 heavy (non-hydrogen) atoms. The first-order chi connectivity index (χ1) is 8.84. The lowest BCUT2D eigenvalue weighted by molar-refractivity contribution is -0.132. The Balaban J connectivity index is 2.39. The van der Waals surface area contributed by atoms with Gasteiger partial charge in [0.2, 0.25) is 11.8 Å². The van der Waals surface area contributed by atoms with Gasteiger partial charge >= 0.3 is 0 Å². The van der Waals surface area contributed by atoms with Crippen LogP contribution in [0.5, 0.6) is 0 Å². The summed E-state index contributed by atoms with van der Waals surface area (Å²) in [7, 11) is 1.78. The number of hydrogen-bond donors (Lipinski definition) is 2. The third-order valence-electron chi connectivity index (χ3n) is 3.43. The van der Waals surface area contributed by atoms with Crippen LogP contribution in [0.25, 0.3) is 0 Å². The van der Waals surface area contributed by atoms with Crippen molar-refractivity contribution in [1.82, 2.24) is 15.5 Å². The van der Waals surface area contributed by atoms with E-state index >= 15 is 0 Å². The van der Waals surface area contributed by atoms with E-state index in [1.807, 2.05) is 25.7 Å². The van der Waals surface area contributed by atoms with Crippen LogP contribution in [0.15, 0.2) is 0 Å². The zero-order valence-electron chi connectivity index (χ0n) is 12.6. The first-order valence-corrected chi connectivity index (χ1v) is 7.05. The maximum Gasteiger partial charge on any atom is 0.236 e. The average molecular weight is 269 g/mol. The number of nitrogens with zero attached hydrogens (tertiary/aromatic N) is 1. The van der Waals surface area contributed by atoms with E-state index in [-0.39, 0.29) is 17.2 Å². The van der Waals surface area contributed by atoms with E-state index in [1.54, 1.807) is 7.05 Å². The predicted octanol–water partition coefficient (Wildman–Crippen LogP) is 0.607. The van der Waals surface area contributed by atoms with Crippen LogP contribution >= 0.6 is 0 Å². The van der Waals surface area contributed by atoms with Crippen molar-refractivity contribution in [3.8, 4) is 0 Å². The van der Waals surface area contributed by atoms with Crippen LogP contribution < -0.4 is 10.6 Å². The second-order valence-electron chi connectivity index (χ2n) is 6.34. The van der Waals surface area contributed by atoms with Crippen molar-refractivity contribution >= 4 is 11.8 Å². The number of nitrogens with one attached hydrogen (secondary N) is 2. The number of carbonyl (C=O) groups is 2. The van der Waals surface area contributed by atoms with Crippen LogP contribution in [0.3, 0.4) is 0 Å². The van der Waals surface area contributed by atoms with Crippen LogP contribution in [0.1, 0.15) is 33.6 Å². The van der Waals surface area contributed by atoms with E-state index in [0.29, 0.717) is 19.0 Å². The maximum atomic E-state index is 11.8. The Morgan fingerprint density at radius 2 is 2.00 bits per heavy atom. The molecule has 1 fully saturated rings. The summed E-state index contributed by atoms with van der Waals surface area (Å²) in [6.45, 7) is 8.37. The fourth-order valence-electron chi connectivity index (χ4n) is 2.22. The highest BCUT2D eigenvalue weighted by atomic mass is 16.2. The van der Waals surface area contributed by atoms with Crippen LogP contribution in [-0.4, -0.2) is 49.9 Å². The number of likely N-dealkylation sites (tertiary alicyclic amines) is 1. The van der Waals surface area contributed by atoms with Gasteiger partial charge in [0.15, 0.2) is 0 Å². The van der Waals surface area contributed by atoms with Crippen molar-refractivity contribution in [2.24, 2.45) is 11.3 Å². The smallest absolute Gasteiger partial charge is 0.236 e. The van der Waals surface area contributed by atoms with Gasteiger partial charge in [-0.2, -0.15) is 0 Å². The first kappa shape index (κ1) is 16.0. The molecule has 0 saturated carbocycles. The van der Waals surface area contributed by atoms with Gasteiger partial charge < -0.3 is 15.5 Å². The molecule has 5 nitrogen and oxygen atoms in total. The standard InChI is InChI=1S/C14H27N3O2/c1-14(2,3)13(19)16-8-11-6-5-7-17(10-11)12(18)9-15-4/h11,15H,5-10H2,1-4H3,(H,16,19). The molecule has 1 rings (SSSR count). The van der Waals surface area contributed by atoms with Crippen molar-refractivity contribution in [3.05, 3.63) is 0 Å². The molecule has 1 atom stereocenters. The average Bonchev–Trinajstić information content (AvgIpc) is 2.35. The molecule has 0 aromatic heterocycles. The van der Waals surface area contributed by atoms with Gasteiger partial charge in [0.25, 0.3) is 0 Å². The molecule has 2 amide bonds. The van der Waals surface area contributed by atoms with Gasteiger partial charge in [-0.05, 0) is 25.8 Å². The molecule has 0 radical (unpaired) electrons. The van der Waals surface area contributed by atoms with E-state index in [2.05, 4.69) is 10.6 Å². The minimum Gasteiger partial charge on any atom is -0.355 e. The van der Waals surface area contributed by atoms with Crippen molar-refractivity contribution in [3.63, 3.8) is 0 Å². The SMILES string of the molecule is CNCC(=O)N1CCCC(CNC(=O)C(C)(C)C)C1. The van der Waals surface area contributed by atoms with Crippen molar-refractivity contribution in [2.75, 3.05) is 33.2 Å². The van der Waals surface area contributed by atoms with Crippen molar-refractivity contribution < 1.29 is 9.59 Å². The van der Waals surface area contributed by atoms with Crippen LogP contribution in [0, 0.1) is 11.3 Å². The highest BCUT2D eigenvalue weighted by Crippen LogP contribution is 2.17. The van der Waals surface area contributed by atoms with Crippen LogP contribution in [-0.2, 0) is 9.59 Å². The van der Waals surface area contributed by atoms with Crippen molar-refractivity contribution in [1.29, 1.82) is 0 Å². The Morgan fingerprint density at radius 3 is 2.58 bits per heavy atom. The van der Waals surface area contributed by atoms with Gasteiger partial charge in [-0.1, -0.05) is 20.8 Å². The Morgan fingerprint density at radius 1 is 1.32 bits per heavy atom. The summed E-state index contributed by atoms with van der Waals surface area (Å²) in [4.78, 5) is 25.5. The maximum absolute atomic E-state index is 11.8. The molecule has 0 aromatic rings. The Hall–Kier alpha value is -1.10. The first-order valence-electron chi connectivity index (χ1n) is 7.05. The highest BCUT2D eigenvalue weighted by molar-refractivity contribution is 5.81. The molecular formula is C14H27N3O2. The molecule has 5 heteroatoms. The second kappa shape index (κ2) is 6.89. The Bertz CT molecular complexity index is 323. The molecule has 1 aliphatic heterocycles. The quantitative estimate of drug-likeness (QED) is 0.786. The van der Waals surface area contributed by atoms with Crippen LogP contribution in [0.4, 0.5) is 0 Å². The molecule has 0 spiro atoms. The minimum absolute atomic E-state index is 0.0752. The lowest BCUT2D eigenvalue weighted by Crippen LogP contribution is -2.47. The monoisotopic (exact) mass is 269 g/mol. The zero-order chi connectivity index (χ0) is 14.5. The van der Waals surface area contributed by atoms with Gasteiger partial charge in [-0.3, -0.25) is 9.59 Å². The summed E-state index contributed by atoms with van der Waals surface area (Å²) in [6, 6.07) is 0. The zero-order valence-corrected chi connectivity index (χ0v) is 12.6. The van der Waals surface area contributed by atoms with E-state index in [1.165, 1.54) is 0 Å². The molecule has 1 unspecified atom stereocenters. The van der Waals surface area contributed by atoms with E-state index < -0.39 is 0 Å². The molecule has 0 aromatic carbocycles. The molecule has 110 valence electrons. The van der Waals surface area contributed by atoms with E-state index in [4.69, 9.17) is 0 Å². The topological polar surface area (TPSA) is 61.4 Å². The molecule has 0 aliphatic carbocycles. The summed E-state index contributed by atoms with van der Waals surface area (Å²) < 4.78 is 0. The summed E-state index contributed by atoms with van der Waals surface area (Å²) in [6.07, 6.45) is 2.10. The number of likely N-dealkylation sites (N-methyl/N-ethyl adjacent to an activating group) is 1. The lowest BCUT2D eigenvalue weighted by Gasteiger charge is -2.33. The van der Waals surface area contributed by atoms with Gasteiger partial charge in [0, 0.05) is 25.0 Å². The fraction of sp³-hybridized carbons (Fsp3) is 0.857. The fourth-order valence-corrected chi connectivity index (χ4v) is 2.22. The molecule has 2 N–H and O–H groups in total. The third kappa shape index (κ3) is 5.19. The Labute approximate surface area is 116 Å². The second-order valence-corrected chi connectivity index (χ2v) is 6.34. The highest BCUT2D eigenvalue weighted by Gasteiger charge is 2.25. The Kier molecular flexibility index (Phi) is 5.79. The molecule has 1 aliphatic rings. The van der Waals surface area contributed by atoms with Gasteiger partial charge in [-0.25, -0.2) is 0 Å². The number of piperidine rings is 1. The number of amides is 2. The lowest BCUT2D eigenvalue weighted by atomic mass is 9.94. The van der Waals surface area contributed by atoms with Gasteiger partial charge in [0.05, 0.1) is 6.54 Å². The van der Waals surface area contributed by atoms with Gasteiger partial charge in [-0.15, -0.1) is 0 Å². The summed E-state index contributed by atoms with van der Waals surface area (Å²) in [5.74, 6) is 0.598. The summed E-state index contributed by atoms with van der Waals surface area (Å²) >= 11 is 0. The molecular weight excluding hydrogens is 242 g/mol.